The number of nitrogens with zero attached hydrogens (tertiary/aromatic N) is 2. The summed E-state index contributed by atoms with van der Waals surface area (Å²) in [6, 6.07) is 8.75. The van der Waals surface area contributed by atoms with Crippen molar-refractivity contribution in [1.29, 1.82) is 0 Å². The first-order valence-electron chi connectivity index (χ1n) is 7.49. The van der Waals surface area contributed by atoms with Crippen LogP contribution in [0.15, 0.2) is 36.5 Å². The SMILES string of the molecule is O=C(O)c1ccn(-c2cccc(CNC(=O)[C@@H]3COCCO3)c2)n1. The summed E-state index contributed by atoms with van der Waals surface area (Å²) in [6.45, 7) is 1.52. The first kappa shape index (κ1) is 16.2. The van der Waals surface area contributed by atoms with Crippen LogP contribution in [-0.4, -0.2) is 52.7 Å². The van der Waals surface area contributed by atoms with E-state index in [9.17, 15) is 9.59 Å². The lowest BCUT2D eigenvalue weighted by molar-refractivity contribution is -0.147. The second-order valence-corrected chi connectivity index (χ2v) is 5.27. The third-order valence-corrected chi connectivity index (χ3v) is 3.56. The highest BCUT2D eigenvalue weighted by atomic mass is 16.6. The number of carboxylic acids is 1. The third-order valence-electron chi connectivity index (χ3n) is 3.56. The smallest absolute Gasteiger partial charge is 0.356 e. The lowest BCUT2D eigenvalue weighted by atomic mass is 10.2. The zero-order valence-electron chi connectivity index (χ0n) is 12.8. The number of carbonyl (C=O) groups is 2. The lowest BCUT2D eigenvalue weighted by Crippen LogP contribution is -2.42. The summed E-state index contributed by atoms with van der Waals surface area (Å²) in [5, 5.41) is 15.7. The highest BCUT2D eigenvalue weighted by Crippen LogP contribution is 2.11. The average Bonchev–Trinajstić information content (AvgIpc) is 3.11. The van der Waals surface area contributed by atoms with Crippen LogP contribution in [0.1, 0.15) is 16.1 Å². The Morgan fingerprint density at radius 2 is 2.21 bits per heavy atom. The molecule has 0 aliphatic carbocycles. The van der Waals surface area contributed by atoms with Crippen LogP contribution < -0.4 is 5.32 Å². The summed E-state index contributed by atoms with van der Waals surface area (Å²) in [7, 11) is 0. The molecule has 1 aliphatic heterocycles. The molecule has 0 radical (unpaired) electrons. The number of aromatic carboxylic acids is 1. The van der Waals surface area contributed by atoms with Crippen molar-refractivity contribution in [3.05, 3.63) is 47.8 Å². The van der Waals surface area contributed by atoms with Crippen LogP contribution in [0.4, 0.5) is 0 Å². The number of carbonyl (C=O) groups excluding carboxylic acids is 1. The Labute approximate surface area is 138 Å². The first-order valence-corrected chi connectivity index (χ1v) is 7.49. The van der Waals surface area contributed by atoms with E-state index < -0.39 is 12.1 Å². The molecule has 2 heterocycles. The van der Waals surface area contributed by atoms with Crippen LogP contribution in [0, 0.1) is 0 Å². The van der Waals surface area contributed by atoms with Crippen molar-refractivity contribution in [1.82, 2.24) is 15.1 Å². The van der Waals surface area contributed by atoms with Gasteiger partial charge in [0.15, 0.2) is 11.8 Å². The van der Waals surface area contributed by atoms with E-state index in [4.69, 9.17) is 14.6 Å². The first-order chi connectivity index (χ1) is 11.6. The molecule has 2 N–H and O–H groups in total. The van der Waals surface area contributed by atoms with Crippen molar-refractivity contribution in [3.8, 4) is 5.69 Å². The molecule has 1 aromatic heterocycles. The van der Waals surface area contributed by atoms with Crippen molar-refractivity contribution in [3.63, 3.8) is 0 Å². The number of amides is 1. The fraction of sp³-hybridized carbons (Fsp3) is 0.312. The van der Waals surface area contributed by atoms with E-state index in [1.165, 1.54) is 10.7 Å². The molecule has 1 aliphatic rings. The largest absolute Gasteiger partial charge is 0.476 e. The molecule has 8 nitrogen and oxygen atoms in total. The summed E-state index contributed by atoms with van der Waals surface area (Å²) in [5.41, 5.74) is 1.56. The molecule has 0 unspecified atom stereocenters. The predicted octanol–water partition coefficient (Wildman–Crippen LogP) is 0.602. The molecule has 0 bridgehead atoms. The zero-order valence-corrected chi connectivity index (χ0v) is 12.8. The van der Waals surface area contributed by atoms with Crippen LogP contribution in [0.3, 0.4) is 0 Å². The van der Waals surface area contributed by atoms with Gasteiger partial charge in [-0.15, -0.1) is 0 Å². The molecule has 8 heteroatoms. The van der Waals surface area contributed by atoms with Crippen LogP contribution in [0.5, 0.6) is 0 Å². The van der Waals surface area contributed by atoms with Gasteiger partial charge in [-0.2, -0.15) is 5.10 Å². The van der Waals surface area contributed by atoms with E-state index in [1.807, 2.05) is 24.3 Å². The van der Waals surface area contributed by atoms with Gasteiger partial charge in [-0.05, 0) is 23.8 Å². The van der Waals surface area contributed by atoms with Crippen LogP contribution in [0.2, 0.25) is 0 Å². The third kappa shape index (κ3) is 3.79. The van der Waals surface area contributed by atoms with Crippen molar-refractivity contribution in [2.45, 2.75) is 12.6 Å². The van der Waals surface area contributed by atoms with Crippen LogP contribution in [0.25, 0.3) is 5.69 Å². The predicted molar refractivity (Wildman–Crippen MR) is 82.9 cm³/mol. The van der Waals surface area contributed by atoms with E-state index in [0.29, 0.717) is 25.4 Å². The van der Waals surface area contributed by atoms with Gasteiger partial charge in [-0.25, -0.2) is 9.48 Å². The normalized spacial score (nSPS) is 17.4. The van der Waals surface area contributed by atoms with Gasteiger partial charge in [-0.1, -0.05) is 12.1 Å². The van der Waals surface area contributed by atoms with Gasteiger partial charge in [0, 0.05) is 12.7 Å². The lowest BCUT2D eigenvalue weighted by Gasteiger charge is -2.22. The molecular weight excluding hydrogens is 314 g/mol. The fourth-order valence-corrected chi connectivity index (χ4v) is 2.33. The summed E-state index contributed by atoms with van der Waals surface area (Å²) in [6.07, 6.45) is 1.00. The monoisotopic (exact) mass is 331 g/mol. The highest BCUT2D eigenvalue weighted by molar-refractivity contribution is 5.85. The van der Waals surface area contributed by atoms with E-state index in [1.54, 1.807) is 6.20 Å². The Kier molecular flexibility index (Phi) is 4.88. The van der Waals surface area contributed by atoms with E-state index >= 15 is 0 Å². The van der Waals surface area contributed by atoms with E-state index in [0.717, 1.165) is 5.56 Å². The van der Waals surface area contributed by atoms with E-state index in [-0.39, 0.29) is 18.2 Å². The number of aromatic nitrogens is 2. The van der Waals surface area contributed by atoms with Crippen molar-refractivity contribution >= 4 is 11.9 Å². The Morgan fingerprint density at radius 1 is 1.33 bits per heavy atom. The number of ether oxygens (including phenoxy) is 2. The molecule has 126 valence electrons. The van der Waals surface area contributed by atoms with Gasteiger partial charge in [0.05, 0.1) is 25.5 Å². The van der Waals surface area contributed by atoms with Gasteiger partial charge in [0.25, 0.3) is 5.91 Å². The molecule has 0 spiro atoms. The van der Waals surface area contributed by atoms with Gasteiger partial charge in [0.1, 0.15) is 0 Å². The minimum absolute atomic E-state index is 0.0249. The topological polar surface area (TPSA) is 103 Å². The molecular formula is C16H17N3O5. The molecule has 0 saturated carbocycles. The maximum atomic E-state index is 12.0. The number of nitrogens with one attached hydrogen (secondary N) is 1. The van der Waals surface area contributed by atoms with Gasteiger partial charge >= 0.3 is 5.97 Å². The molecule has 1 amide bonds. The second kappa shape index (κ2) is 7.24. The van der Waals surface area contributed by atoms with Crippen molar-refractivity contribution in [2.75, 3.05) is 19.8 Å². The Bertz CT molecular complexity index is 737. The number of hydrogen-bond acceptors (Lipinski definition) is 5. The van der Waals surface area contributed by atoms with Crippen LogP contribution in [-0.2, 0) is 20.8 Å². The minimum Gasteiger partial charge on any atom is -0.476 e. The maximum absolute atomic E-state index is 12.0. The number of carboxylic acid groups (broad SMARTS) is 1. The summed E-state index contributed by atoms with van der Waals surface area (Å²) >= 11 is 0. The highest BCUT2D eigenvalue weighted by Gasteiger charge is 2.22. The zero-order chi connectivity index (χ0) is 16.9. The minimum atomic E-state index is -1.08. The molecule has 2 aromatic rings. The van der Waals surface area contributed by atoms with Gasteiger partial charge in [-0.3, -0.25) is 4.79 Å². The fourth-order valence-electron chi connectivity index (χ4n) is 2.33. The van der Waals surface area contributed by atoms with Crippen molar-refractivity contribution < 1.29 is 24.2 Å². The van der Waals surface area contributed by atoms with Gasteiger partial charge < -0.3 is 19.9 Å². The maximum Gasteiger partial charge on any atom is 0.356 e. The quantitative estimate of drug-likeness (QED) is 0.832. The molecule has 1 fully saturated rings. The van der Waals surface area contributed by atoms with Gasteiger partial charge in [0.2, 0.25) is 0 Å². The Balaban J connectivity index is 1.64. The standard InChI is InChI=1S/C16H17N3O5/c20-15(14-10-23-6-7-24-14)17-9-11-2-1-3-12(8-11)19-5-4-13(18-19)16(21)22/h1-5,8,14H,6-7,9-10H2,(H,17,20)(H,21,22)/t14-/m0/s1. The number of rotatable bonds is 5. The summed E-state index contributed by atoms with van der Waals surface area (Å²) < 4.78 is 12.0. The number of hydrogen-bond donors (Lipinski definition) is 2. The second-order valence-electron chi connectivity index (χ2n) is 5.27. The molecule has 1 aromatic carbocycles. The molecule has 1 atom stereocenters. The van der Waals surface area contributed by atoms with E-state index in [2.05, 4.69) is 10.4 Å². The Morgan fingerprint density at radius 3 is 2.92 bits per heavy atom. The molecule has 24 heavy (non-hydrogen) atoms. The number of benzene rings is 1. The average molecular weight is 331 g/mol. The van der Waals surface area contributed by atoms with Crippen LogP contribution >= 0.6 is 0 Å². The summed E-state index contributed by atoms with van der Waals surface area (Å²) in [5.74, 6) is -1.29. The van der Waals surface area contributed by atoms with Crippen molar-refractivity contribution in [2.24, 2.45) is 0 Å². The molecule has 1 saturated heterocycles. The molecule has 3 rings (SSSR count). The summed E-state index contributed by atoms with van der Waals surface area (Å²) in [4.78, 5) is 22.9. The Hall–Kier alpha value is -2.71.